The first-order valence-corrected chi connectivity index (χ1v) is 7.36. The molecule has 0 saturated heterocycles. The van der Waals surface area contributed by atoms with Gasteiger partial charge in [0.2, 0.25) is 5.91 Å². The summed E-state index contributed by atoms with van der Waals surface area (Å²) in [5.74, 6) is -0.838. The van der Waals surface area contributed by atoms with Crippen LogP contribution in [0.5, 0.6) is 0 Å². The summed E-state index contributed by atoms with van der Waals surface area (Å²) in [7, 11) is 1.67. The summed E-state index contributed by atoms with van der Waals surface area (Å²) in [6.07, 6.45) is -3.39. The number of halogens is 4. The number of aromatic nitrogens is 1. The SMILES string of the molecule is Cc1ncoc1CN(C)CC(=O)NCc1ccc(F)cc1C(F)(F)F. The van der Waals surface area contributed by atoms with Crippen molar-refractivity contribution in [3.63, 3.8) is 0 Å². The van der Waals surface area contributed by atoms with Gasteiger partial charge in [0.1, 0.15) is 11.6 Å². The number of aryl methyl sites for hydroxylation is 1. The van der Waals surface area contributed by atoms with Crippen molar-refractivity contribution in [2.24, 2.45) is 0 Å². The smallest absolute Gasteiger partial charge is 0.416 e. The van der Waals surface area contributed by atoms with Crippen molar-refractivity contribution in [1.29, 1.82) is 0 Å². The Labute approximate surface area is 141 Å². The molecule has 2 aromatic rings. The predicted molar refractivity (Wildman–Crippen MR) is 80.8 cm³/mol. The maximum absolute atomic E-state index is 13.1. The third kappa shape index (κ3) is 5.28. The largest absolute Gasteiger partial charge is 0.447 e. The minimum absolute atomic E-state index is 0.0390. The molecule has 9 heteroatoms. The summed E-state index contributed by atoms with van der Waals surface area (Å²) in [6, 6.07) is 2.36. The van der Waals surface area contributed by atoms with Gasteiger partial charge in [-0.15, -0.1) is 0 Å². The van der Waals surface area contributed by atoms with Gasteiger partial charge in [0.05, 0.1) is 24.3 Å². The van der Waals surface area contributed by atoms with Crippen LogP contribution < -0.4 is 5.32 Å². The Kier molecular flexibility index (Phi) is 5.78. The van der Waals surface area contributed by atoms with Crippen LogP contribution in [0.3, 0.4) is 0 Å². The summed E-state index contributed by atoms with van der Waals surface area (Å²) in [6.45, 7) is 1.72. The molecule has 1 aromatic heterocycles. The number of amides is 1. The van der Waals surface area contributed by atoms with Crippen LogP contribution in [0.4, 0.5) is 17.6 Å². The van der Waals surface area contributed by atoms with E-state index >= 15 is 0 Å². The minimum Gasteiger partial charge on any atom is -0.447 e. The maximum atomic E-state index is 13.1. The van der Waals surface area contributed by atoms with Crippen molar-refractivity contribution in [3.05, 3.63) is 53.0 Å². The summed E-state index contributed by atoms with van der Waals surface area (Å²) in [5.41, 5.74) is -0.595. The molecule has 0 fully saturated rings. The van der Waals surface area contributed by atoms with Crippen LogP contribution in [0, 0.1) is 12.7 Å². The molecule has 1 amide bonds. The molecule has 0 aliphatic rings. The van der Waals surface area contributed by atoms with E-state index in [1.165, 1.54) is 6.39 Å². The standard InChI is InChI=1S/C16H17F4N3O2/c1-10-14(25-9-22-10)7-23(2)8-15(24)21-6-11-3-4-12(17)5-13(11)16(18,19)20/h3-5,9H,6-8H2,1-2H3,(H,21,24). The molecule has 0 saturated carbocycles. The fraction of sp³-hybridized carbons (Fsp3) is 0.375. The van der Waals surface area contributed by atoms with Crippen LogP contribution in [0.1, 0.15) is 22.6 Å². The Bertz CT molecular complexity index is 743. The van der Waals surface area contributed by atoms with Crippen LogP contribution in [-0.4, -0.2) is 29.4 Å². The lowest BCUT2D eigenvalue weighted by Gasteiger charge is -2.16. The Hall–Kier alpha value is -2.42. The van der Waals surface area contributed by atoms with Crippen LogP contribution in [0.2, 0.25) is 0 Å². The van der Waals surface area contributed by atoms with Crippen LogP contribution in [-0.2, 0) is 24.1 Å². The predicted octanol–water partition coefficient (Wildman–Crippen LogP) is 2.89. The molecule has 2 rings (SSSR count). The molecule has 1 heterocycles. The van der Waals surface area contributed by atoms with Crippen LogP contribution in [0.15, 0.2) is 29.0 Å². The molecule has 0 atom stereocenters. The molecule has 1 aromatic carbocycles. The maximum Gasteiger partial charge on any atom is 0.416 e. The van der Waals surface area contributed by atoms with E-state index in [0.717, 1.165) is 12.1 Å². The first-order chi connectivity index (χ1) is 11.7. The zero-order valence-electron chi connectivity index (χ0n) is 13.7. The van der Waals surface area contributed by atoms with Crippen molar-refractivity contribution in [2.75, 3.05) is 13.6 Å². The zero-order chi connectivity index (χ0) is 18.6. The van der Waals surface area contributed by atoms with E-state index < -0.39 is 23.5 Å². The molecule has 5 nitrogen and oxygen atoms in total. The molecule has 0 aliphatic carbocycles. The van der Waals surface area contributed by atoms with E-state index in [9.17, 15) is 22.4 Å². The number of hydrogen-bond acceptors (Lipinski definition) is 4. The molecule has 25 heavy (non-hydrogen) atoms. The van der Waals surface area contributed by atoms with Gasteiger partial charge in [0, 0.05) is 6.54 Å². The molecule has 0 bridgehead atoms. The summed E-state index contributed by atoms with van der Waals surface area (Å²) >= 11 is 0. The second-order valence-electron chi connectivity index (χ2n) is 5.61. The average molecular weight is 359 g/mol. The van der Waals surface area contributed by atoms with E-state index in [1.807, 2.05) is 0 Å². The quantitative estimate of drug-likeness (QED) is 0.806. The zero-order valence-corrected chi connectivity index (χ0v) is 13.7. The van der Waals surface area contributed by atoms with Crippen molar-refractivity contribution in [2.45, 2.75) is 26.2 Å². The van der Waals surface area contributed by atoms with E-state index in [-0.39, 0.29) is 18.7 Å². The summed E-state index contributed by atoms with van der Waals surface area (Å²) < 4.78 is 56.9. The van der Waals surface area contributed by atoms with E-state index in [0.29, 0.717) is 24.1 Å². The number of carbonyl (C=O) groups excluding carboxylic acids is 1. The second-order valence-corrected chi connectivity index (χ2v) is 5.61. The summed E-state index contributed by atoms with van der Waals surface area (Å²) in [4.78, 5) is 17.5. The van der Waals surface area contributed by atoms with Crippen molar-refractivity contribution in [1.82, 2.24) is 15.2 Å². The van der Waals surface area contributed by atoms with Gasteiger partial charge >= 0.3 is 6.18 Å². The fourth-order valence-corrected chi connectivity index (χ4v) is 2.24. The topological polar surface area (TPSA) is 58.4 Å². The fourth-order valence-electron chi connectivity index (χ4n) is 2.24. The van der Waals surface area contributed by atoms with Gasteiger partial charge in [0.25, 0.3) is 0 Å². The lowest BCUT2D eigenvalue weighted by atomic mass is 10.1. The number of oxazole rings is 1. The van der Waals surface area contributed by atoms with Gasteiger partial charge in [-0.2, -0.15) is 13.2 Å². The monoisotopic (exact) mass is 359 g/mol. The number of carbonyl (C=O) groups is 1. The first-order valence-electron chi connectivity index (χ1n) is 7.36. The van der Waals surface area contributed by atoms with Crippen molar-refractivity contribution >= 4 is 5.91 Å². The van der Waals surface area contributed by atoms with Gasteiger partial charge < -0.3 is 9.73 Å². The van der Waals surface area contributed by atoms with Crippen LogP contribution in [0.25, 0.3) is 0 Å². The molecular formula is C16H17F4N3O2. The Morgan fingerprint density at radius 1 is 1.36 bits per heavy atom. The Balaban J connectivity index is 1.93. The molecule has 0 unspecified atom stereocenters. The normalized spacial score (nSPS) is 11.8. The molecular weight excluding hydrogens is 342 g/mol. The van der Waals surface area contributed by atoms with Gasteiger partial charge in [-0.3, -0.25) is 9.69 Å². The average Bonchev–Trinajstić information content (AvgIpc) is 2.90. The first kappa shape index (κ1) is 18.9. The third-order valence-electron chi connectivity index (χ3n) is 3.53. The number of benzene rings is 1. The highest BCUT2D eigenvalue weighted by Crippen LogP contribution is 2.32. The minimum atomic E-state index is -4.69. The highest BCUT2D eigenvalue weighted by atomic mass is 19.4. The van der Waals surface area contributed by atoms with Crippen molar-refractivity contribution in [3.8, 4) is 0 Å². The molecule has 136 valence electrons. The number of alkyl halides is 3. The molecule has 0 spiro atoms. The number of nitrogens with zero attached hydrogens (tertiary/aromatic N) is 2. The van der Waals surface area contributed by atoms with E-state index in [2.05, 4.69) is 10.3 Å². The van der Waals surface area contributed by atoms with Gasteiger partial charge in [-0.05, 0) is 31.7 Å². The lowest BCUT2D eigenvalue weighted by molar-refractivity contribution is -0.138. The molecule has 0 aliphatic heterocycles. The van der Waals surface area contributed by atoms with E-state index in [4.69, 9.17) is 4.42 Å². The molecule has 0 radical (unpaired) electrons. The number of nitrogens with one attached hydrogen (secondary N) is 1. The number of hydrogen-bond donors (Lipinski definition) is 1. The second kappa shape index (κ2) is 7.64. The number of likely N-dealkylation sites (N-methyl/N-ethyl adjacent to an activating group) is 1. The highest BCUT2D eigenvalue weighted by molar-refractivity contribution is 5.78. The number of rotatable bonds is 6. The van der Waals surface area contributed by atoms with E-state index in [1.54, 1.807) is 18.9 Å². The summed E-state index contributed by atoms with van der Waals surface area (Å²) in [5, 5.41) is 2.41. The molecule has 1 N–H and O–H groups in total. The lowest BCUT2D eigenvalue weighted by Crippen LogP contribution is -2.35. The van der Waals surface area contributed by atoms with Crippen LogP contribution >= 0.6 is 0 Å². The Morgan fingerprint density at radius 2 is 2.08 bits per heavy atom. The highest BCUT2D eigenvalue weighted by Gasteiger charge is 2.33. The van der Waals surface area contributed by atoms with Gasteiger partial charge in [-0.25, -0.2) is 9.37 Å². The van der Waals surface area contributed by atoms with Crippen molar-refractivity contribution < 1.29 is 26.8 Å². The Morgan fingerprint density at radius 3 is 2.68 bits per heavy atom. The third-order valence-corrected chi connectivity index (χ3v) is 3.53. The van der Waals surface area contributed by atoms with Gasteiger partial charge in [-0.1, -0.05) is 6.07 Å². The van der Waals surface area contributed by atoms with Gasteiger partial charge in [0.15, 0.2) is 6.39 Å².